The van der Waals surface area contributed by atoms with E-state index in [1.807, 2.05) is 0 Å². The Morgan fingerprint density at radius 3 is 2.05 bits per heavy atom. The molecule has 0 saturated carbocycles. The van der Waals surface area contributed by atoms with E-state index in [2.05, 4.69) is 0 Å². The molecule has 3 rings (SSSR count). The lowest BCUT2D eigenvalue weighted by atomic mass is 9.80. The Morgan fingerprint density at radius 1 is 1.05 bits per heavy atom. The second-order valence-corrected chi connectivity index (χ2v) is 5.30. The van der Waals surface area contributed by atoms with E-state index < -0.39 is 40.6 Å². The van der Waals surface area contributed by atoms with Crippen molar-refractivity contribution < 1.29 is 29.0 Å². The summed E-state index contributed by atoms with van der Waals surface area (Å²) in [5, 5.41) is 10.4. The third-order valence-corrected chi connectivity index (χ3v) is 4.08. The molecule has 0 saturated heterocycles. The number of carbonyl (C=O) groups is 4. The van der Waals surface area contributed by atoms with Gasteiger partial charge in [-0.25, -0.2) is 0 Å². The van der Waals surface area contributed by atoms with E-state index in [9.17, 15) is 24.3 Å². The second-order valence-electron chi connectivity index (χ2n) is 5.30. The van der Waals surface area contributed by atoms with Crippen molar-refractivity contribution in [1.82, 2.24) is 0 Å². The molecular weight excluding hydrogens is 288 g/mol. The van der Waals surface area contributed by atoms with Crippen LogP contribution in [0.4, 0.5) is 0 Å². The number of benzene rings is 1. The summed E-state index contributed by atoms with van der Waals surface area (Å²) < 4.78 is 5.29. The van der Waals surface area contributed by atoms with Crippen LogP contribution in [0.25, 0.3) is 0 Å². The van der Waals surface area contributed by atoms with Gasteiger partial charge in [-0.15, -0.1) is 0 Å². The first-order chi connectivity index (χ1) is 10.3. The third-order valence-electron chi connectivity index (χ3n) is 4.08. The lowest BCUT2D eigenvalue weighted by Crippen LogP contribution is -2.53. The Hall–Kier alpha value is -2.60. The maximum Gasteiger partial charge on any atom is 0.253 e. The molecule has 0 amide bonds. The van der Waals surface area contributed by atoms with Gasteiger partial charge in [0.05, 0.1) is 5.57 Å². The van der Waals surface area contributed by atoms with E-state index in [4.69, 9.17) is 4.74 Å². The van der Waals surface area contributed by atoms with E-state index in [1.165, 1.54) is 12.1 Å². The fourth-order valence-electron chi connectivity index (χ4n) is 2.92. The van der Waals surface area contributed by atoms with Crippen molar-refractivity contribution >= 4 is 23.1 Å². The molecule has 6 nitrogen and oxygen atoms in total. The highest BCUT2D eigenvalue weighted by atomic mass is 16.5. The van der Waals surface area contributed by atoms with Crippen LogP contribution in [-0.4, -0.2) is 39.9 Å². The van der Waals surface area contributed by atoms with E-state index in [1.54, 1.807) is 12.1 Å². The van der Waals surface area contributed by atoms with Crippen LogP contribution in [-0.2, 0) is 14.3 Å². The lowest BCUT2D eigenvalue weighted by Gasteiger charge is -2.27. The standard InChI is InChI=1S/C16H12O6/c1-7(17)16(8(2)18)15(21)11-12(19)9-5-3-4-6-10(9)13(20)14(11)22-16/h3-6,15,21H,1-2H3. The normalized spacial score (nSPS) is 22.0. The number of Topliss-reactive ketones (excluding diaryl/α,β-unsaturated/α-hetero) is 4. The molecule has 0 bridgehead atoms. The number of allylic oxidation sites excluding steroid dienone is 1. The molecule has 1 unspecified atom stereocenters. The average Bonchev–Trinajstić information content (AvgIpc) is 2.80. The van der Waals surface area contributed by atoms with Crippen molar-refractivity contribution in [1.29, 1.82) is 0 Å². The Morgan fingerprint density at radius 2 is 1.55 bits per heavy atom. The van der Waals surface area contributed by atoms with Crippen LogP contribution in [0.5, 0.6) is 0 Å². The monoisotopic (exact) mass is 300 g/mol. The predicted molar refractivity (Wildman–Crippen MR) is 73.3 cm³/mol. The van der Waals surface area contributed by atoms with Crippen molar-refractivity contribution in [2.24, 2.45) is 0 Å². The molecule has 6 heteroatoms. The average molecular weight is 300 g/mol. The highest BCUT2D eigenvalue weighted by molar-refractivity contribution is 6.29. The quantitative estimate of drug-likeness (QED) is 0.804. The predicted octanol–water partition coefficient (Wildman–Crippen LogP) is 0.628. The van der Waals surface area contributed by atoms with Crippen LogP contribution in [0, 0.1) is 0 Å². The van der Waals surface area contributed by atoms with Crippen LogP contribution < -0.4 is 0 Å². The minimum atomic E-state index is -2.22. The number of aliphatic hydroxyl groups is 1. The number of hydrogen-bond donors (Lipinski definition) is 1. The second kappa shape index (κ2) is 4.45. The topological polar surface area (TPSA) is 97.7 Å². The van der Waals surface area contributed by atoms with E-state index in [0.29, 0.717) is 0 Å². The molecule has 1 aromatic carbocycles. The highest BCUT2D eigenvalue weighted by Gasteiger charge is 2.60. The van der Waals surface area contributed by atoms with Gasteiger partial charge in [-0.3, -0.25) is 19.2 Å². The fourth-order valence-corrected chi connectivity index (χ4v) is 2.92. The molecule has 1 atom stereocenters. The summed E-state index contributed by atoms with van der Waals surface area (Å²) in [4.78, 5) is 48.8. The number of aliphatic hydroxyl groups excluding tert-OH is 1. The molecule has 0 spiro atoms. The van der Waals surface area contributed by atoms with Crippen molar-refractivity contribution in [2.45, 2.75) is 25.6 Å². The molecule has 1 heterocycles. The summed E-state index contributed by atoms with van der Waals surface area (Å²) in [5.74, 6) is -3.16. The zero-order valence-electron chi connectivity index (χ0n) is 11.9. The number of rotatable bonds is 2. The zero-order valence-corrected chi connectivity index (χ0v) is 11.9. The fraction of sp³-hybridized carbons (Fsp3) is 0.250. The van der Waals surface area contributed by atoms with Crippen LogP contribution in [0.3, 0.4) is 0 Å². The lowest BCUT2D eigenvalue weighted by molar-refractivity contribution is -0.155. The molecule has 0 radical (unpaired) electrons. The van der Waals surface area contributed by atoms with Gasteiger partial charge in [-0.05, 0) is 13.8 Å². The van der Waals surface area contributed by atoms with Crippen molar-refractivity contribution in [2.75, 3.05) is 0 Å². The minimum Gasteiger partial charge on any atom is -0.464 e. The van der Waals surface area contributed by atoms with Crippen LogP contribution in [0.1, 0.15) is 34.6 Å². The van der Waals surface area contributed by atoms with E-state index >= 15 is 0 Å². The first-order valence-corrected chi connectivity index (χ1v) is 6.64. The highest BCUT2D eigenvalue weighted by Crippen LogP contribution is 2.42. The molecule has 0 fully saturated rings. The third kappa shape index (κ3) is 1.52. The van der Waals surface area contributed by atoms with Crippen LogP contribution >= 0.6 is 0 Å². The molecule has 0 aromatic heterocycles. The number of hydrogen-bond acceptors (Lipinski definition) is 6. The molecule has 1 aromatic rings. The van der Waals surface area contributed by atoms with Crippen molar-refractivity contribution in [3.63, 3.8) is 0 Å². The minimum absolute atomic E-state index is 0.122. The van der Waals surface area contributed by atoms with Gasteiger partial charge in [-0.1, -0.05) is 24.3 Å². The molecule has 1 N–H and O–H groups in total. The SMILES string of the molecule is CC(=O)C1(C(C)=O)OC2=C(C(=O)c3ccccc3C2=O)C1O. The largest absolute Gasteiger partial charge is 0.464 e. The summed E-state index contributed by atoms with van der Waals surface area (Å²) in [6.07, 6.45) is -1.79. The van der Waals surface area contributed by atoms with Gasteiger partial charge in [0.25, 0.3) is 5.60 Å². The summed E-state index contributed by atoms with van der Waals surface area (Å²) in [6, 6.07) is 6.08. The molecule has 2 aliphatic rings. The Bertz CT molecular complexity index is 772. The van der Waals surface area contributed by atoms with Gasteiger partial charge in [0.2, 0.25) is 5.78 Å². The Labute approximate surface area is 125 Å². The molecular formula is C16H12O6. The summed E-state index contributed by atoms with van der Waals surface area (Å²) >= 11 is 0. The molecule has 22 heavy (non-hydrogen) atoms. The van der Waals surface area contributed by atoms with Gasteiger partial charge < -0.3 is 9.84 Å². The van der Waals surface area contributed by atoms with Crippen LogP contribution in [0.15, 0.2) is 35.6 Å². The Kier molecular flexibility index (Phi) is 2.90. The summed E-state index contributed by atoms with van der Waals surface area (Å²) in [5.41, 5.74) is -2.30. The number of ketones is 4. The summed E-state index contributed by atoms with van der Waals surface area (Å²) in [7, 11) is 0. The zero-order chi connectivity index (χ0) is 16.2. The molecule has 1 aliphatic carbocycles. The maximum atomic E-state index is 12.5. The smallest absolute Gasteiger partial charge is 0.253 e. The van der Waals surface area contributed by atoms with Gasteiger partial charge in [0, 0.05) is 11.1 Å². The molecule has 1 aliphatic heterocycles. The van der Waals surface area contributed by atoms with Crippen molar-refractivity contribution in [3.8, 4) is 0 Å². The number of ether oxygens (including phenoxy) is 1. The molecule has 112 valence electrons. The van der Waals surface area contributed by atoms with Gasteiger partial charge in [0.15, 0.2) is 23.1 Å². The summed E-state index contributed by atoms with van der Waals surface area (Å²) in [6.45, 7) is 2.15. The number of carbonyl (C=O) groups excluding carboxylic acids is 4. The first kappa shape index (κ1) is 14.3. The van der Waals surface area contributed by atoms with Gasteiger partial charge >= 0.3 is 0 Å². The van der Waals surface area contributed by atoms with E-state index in [0.717, 1.165) is 13.8 Å². The Balaban J connectivity index is 2.21. The van der Waals surface area contributed by atoms with E-state index in [-0.39, 0.29) is 16.7 Å². The first-order valence-electron chi connectivity index (χ1n) is 6.64. The maximum absolute atomic E-state index is 12.5. The van der Waals surface area contributed by atoms with Gasteiger partial charge in [-0.2, -0.15) is 0 Å². The van der Waals surface area contributed by atoms with Crippen LogP contribution in [0.2, 0.25) is 0 Å². The number of fused-ring (bicyclic) bond motifs is 1. The van der Waals surface area contributed by atoms with Gasteiger partial charge in [0.1, 0.15) is 6.10 Å². The van der Waals surface area contributed by atoms with Crippen molar-refractivity contribution in [3.05, 3.63) is 46.7 Å².